The van der Waals surface area contributed by atoms with Gasteiger partial charge in [-0.15, -0.1) is 0 Å². The highest BCUT2D eigenvalue weighted by Gasteiger charge is 2.28. The van der Waals surface area contributed by atoms with E-state index in [2.05, 4.69) is 6.92 Å². The molecule has 1 heterocycles. The Labute approximate surface area is 114 Å². The first-order valence-electron chi connectivity index (χ1n) is 6.88. The van der Waals surface area contributed by atoms with E-state index in [1.54, 1.807) is 18.2 Å². The first-order valence-corrected chi connectivity index (χ1v) is 6.88. The summed E-state index contributed by atoms with van der Waals surface area (Å²) in [6.07, 6.45) is 2.25. The molecule has 2 unspecified atom stereocenters. The van der Waals surface area contributed by atoms with E-state index in [0.29, 0.717) is 18.0 Å². The lowest BCUT2D eigenvalue weighted by molar-refractivity contribution is -0.134. The van der Waals surface area contributed by atoms with Gasteiger partial charge in [0.1, 0.15) is 5.75 Å². The molecular formula is C15H22N2O2. The monoisotopic (exact) mass is 262 g/mol. The molecule has 1 aliphatic heterocycles. The van der Waals surface area contributed by atoms with Crippen LogP contribution in [0.15, 0.2) is 24.3 Å². The van der Waals surface area contributed by atoms with Gasteiger partial charge >= 0.3 is 0 Å². The zero-order valence-corrected chi connectivity index (χ0v) is 11.4. The van der Waals surface area contributed by atoms with Crippen LogP contribution in [0.2, 0.25) is 0 Å². The third-order valence-corrected chi connectivity index (χ3v) is 3.90. The number of phenols is 1. The summed E-state index contributed by atoms with van der Waals surface area (Å²) < 4.78 is 0. The quantitative estimate of drug-likeness (QED) is 0.868. The van der Waals surface area contributed by atoms with Crippen LogP contribution >= 0.6 is 0 Å². The molecule has 0 radical (unpaired) electrons. The van der Waals surface area contributed by atoms with E-state index in [1.165, 1.54) is 0 Å². The zero-order valence-electron chi connectivity index (χ0n) is 11.4. The number of aromatic hydroxyl groups is 1. The number of nitrogens with zero attached hydrogens (tertiary/aromatic N) is 1. The predicted octanol–water partition coefficient (Wildman–Crippen LogP) is 1.52. The van der Waals surface area contributed by atoms with Gasteiger partial charge in [0, 0.05) is 24.7 Å². The Kier molecular flexibility index (Phi) is 4.43. The van der Waals surface area contributed by atoms with Crippen molar-refractivity contribution in [2.24, 2.45) is 11.7 Å². The van der Waals surface area contributed by atoms with Crippen molar-refractivity contribution < 1.29 is 9.90 Å². The van der Waals surface area contributed by atoms with Gasteiger partial charge in [0.25, 0.3) is 0 Å². The highest BCUT2D eigenvalue weighted by molar-refractivity contribution is 5.80. The van der Waals surface area contributed by atoms with Crippen molar-refractivity contribution in [3.8, 4) is 5.75 Å². The molecule has 0 aliphatic carbocycles. The summed E-state index contributed by atoms with van der Waals surface area (Å²) in [6.45, 7) is 3.49. The largest absolute Gasteiger partial charge is 0.508 e. The maximum Gasteiger partial charge on any atom is 0.227 e. The molecule has 1 aromatic carbocycles. The number of carbonyl (C=O) groups is 1. The van der Waals surface area contributed by atoms with Crippen molar-refractivity contribution in [3.05, 3.63) is 29.8 Å². The molecule has 4 nitrogen and oxygen atoms in total. The fourth-order valence-corrected chi connectivity index (χ4v) is 2.73. The topological polar surface area (TPSA) is 66.6 Å². The molecule has 1 fully saturated rings. The lowest BCUT2D eigenvalue weighted by atomic mass is 9.92. The Morgan fingerprint density at radius 3 is 2.89 bits per heavy atom. The Morgan fingerprint density at radius 1 is 1.47 bits per heavy atom. The number of hydrogen-bond acceptors (Lipinski definition) is 3. The molecule has 1 aromatic rings. The Morgan fingerprint density at radius 2 is 2.21 bits per heavy atom. The van der Waals surface area contributed by atoms with Crippen molar-refractivity contribution in [2.45, 2.75) is 32.2 Å². The van der Waals surface area contributed by atoms with E-state index in [9.17, 15) is 9.90 Å². The predicted molar refractivity (Wildman–Crippen MR) is 74.8 cm³/mol. The SMILES string of the molecule is CC1CCN(C(=O)Cc2ccccc2O)C(CN)C1. The molecule has 2 atom stereocenters. The van der Waals surface area contributed by atoms with Crippen molar-refractivity contribution in [2.75, 3.05) is 13.1 Å². The van der Waals surface area contributed by atoms with E-state index in [-0.39, 0.29) is 24.1 Å². The number of amides is 1. The molecule has 1 amide bonds. The third kappa shape index (κ3) is 3.26. The Hall–Kier alpha value is -1.55. The Bertz CT molecular complexity index is 448. The molecule has 0 bridgehead atoms. The van der Waals surface area contributed by atoms with E-state index >= 15 is 0 Å². The second-order valence-corrected chi connectivity index (χ2v) is 5.41. The smallest absolute Gasteiger partial charge is 0.227 e. The van der Waals surface area contributed by atoms with Crippen LogP contribution in [0.25, 0.3) is 0 Å². The highest BCUT2D eigenvalue weighted by atomic mass is 16.3. The highest BCUT2D eigenvalue weighted by Crippen LogP contribution is 2.24. The second kappa shape index (κ2) is 6.06. The summed E-state index contributed by atoms with van der Waals surface area (Å²) >= 11 is 0. The molecule has 104 valence electrons. The van der Waals surface area contributed by atoms with Crippen molar-refractivity contribution in [1.29, 1.82) is 0 Å². The van der Waals surface area contributed by atoms with Crippen LogP contribution < -0.4 is 5.73 Å². The van der Waals surface area contributed by atoms with Gasteiger partial charge in [0.2, 0.25) is 5.91 Å². The standard InChI is InChI=1S/C15H22N2O2/c1-11-6-7-17(13(8-11)10-16)15(19)9-12-4-2-3-5-14(12)18/h2-5,11,13,18H,6-10,16H2,1H3. The van der Waals surface area contributed by atoms with E-state index in [1.807, 2.05) is 11.0 Å². The number of hydrogen-bond donors (Lipinski definition) is 2. The summed E-state index contributed by atoms with van der Waals surface area (Å²) in [5.74, 6) is 0.872. The number of likely N-dealkylation sites (tertiary alicyclic amines) is 1. The summed E-state index contributed by atoms with van der Waals surface area (Å²) in [5.41, 5.74) is 6.46. The maximum absolute atomic E-state index is 12.4. The van der Waals surface area contributed by atoms with Gasteiger partial charge in [-0.2, -0.15) is 0 Å². The molecule has 0 aromatic heterocycles. The minimum absolute atomic E-state index is 0.0591. The molecule has 4 heteroatoms. The molecule has 0 spiro atoms. The average molecular weight is 262 g/mol. The Balaban J connectivity index is 2.05. The first-order chi connectivity index (χ1) is 9.11. The van der Waals surface area contributed by atoms with Gasteiger partial charge in [-0.05, 0) is 24.8 Å². The second-order valence-electron chi connectivity index (χ2n) is 5.41. The number of carbonyl (C=O) groups excluding carboxylic acids is 1. The minimum Gasteiger partial charge on any atom is -0.508 e. The normalized spacial score (nSPS) is 23.4. The van der Waals surface area contributed by atoms with Crippen LogP contribution in [0.4, 0.5) is 0 Å². The number of nitrogens with two attached hydrogens (primary N) is 1. The number of benzene rings is 1. The molecule has 19 heavy (non-hydrogen) atoms. The van der Waals surface area contributed by atoms with Crippen LogP contribution in [0.1, 0.15) is 25.3 Å². The maximum atomic E-state index is 12.4. The van der Waals surface area contributed by atoms with Crippen molar-refractivity contribution in [1.82, 2.24) is 4.90 Å². The summed E-state index contributed by atoms with van der Waals surface area (Å²) in [4.78, 5) is 14.2. The zero-order chi connectivity index (χ0) is 13.8. The van der Waals surface area contributed by atoms with Gasteiger partial charge in [-0.1, -0.05) is 25.1 Å². The lowest BCUT2D eigenvalue weighted by Crippen LogP contribution is -2.49. The minimum atomic E-state index is 0.0591. The van der Waals surface area contributed by atoms with Gasteiger partial charge in [0.15, 0.2) is 0 Å². The molecule has 3 N–H and O–H groups in total. The van der Waals surface area contributed by atoms with Crippen LogP contribution in [0, 0.1) is 5.92 Å². The molecule has 1 saturated heterocycles. The number of rotatable bonds is 3. The fraction of sp³-hybridized carbons (Fsp3) is 0.533. The van der Waals surface area contributed by atoms with Gasteiger partial charge < -0.3 is 15.7 Å². The summed E-state index contributed by atoms with van der Waals surface area (Å²) in [6, 6.07) is 7.14. The molecule has 0 saturated carbocycles. The third-order valence-electron chi connectivity index (χ3n) is 3.90. The number of phenolic OH excluding ortho intramolecular Hbond substituents is 1. The van der Waals surface area contributed by atoms with Crippen molar-refractivity contribution >= 4 is 5.91 Å². The average Bonchev–Trinajstić information content (AvgIpc) is 2.41. The van der Waals surface area contributed by atoms with Crippen LogP contribution in [-0.4, -0.2) is 35.0 Å². The van der Waals surface area contributed by atoms with Gasteiger partial charge in [-0.3, -0.25) is 4.79 Å². The van der Waals surface area contributed by atoms with Gasteiger partial charge in [-0.25, -0.2) is 0 Å². The van der Waals surface area contributed by atoms with E-state index < -0.39 is 0 Å². The van der Waals surface area contributed by atoms with E-state index in [0.717, 1.165) is 19.4 Å². The first kappa shape index (κ1) is 13.9. The lowest BCUT2D eigenvalue weighted by Gasteiger charge is -2.38. The summed E-state index contributed by atoms with van der Waals surface area (Å²) in [7, 11) is 0. The van der Waals surface area contributed by atoms with Crippen LogP contribution in [0.3, 0.4) is 0 Å². The molecular weight excluding hydrogens is 240 g/mol. The molecule has 1 aliphatic rings. The number of para-hydroxylation sites is 1. The number of piperidine rings is 1. The van der Waals surface area contributed by atoms with Gasteiger partial charge in [0.05, 0.1) is 6.42 Å². The van der Waals surface area contributed by atoms with Crippen molar-refractivity contribution in [3.63, 3.8) is 0 Å². The summed E-state index contributed by atoms with van der Waals surface area (Å²) in [5, 5.41) is 9.73. The fourth-order valence-electron chi connectivity index (χ4n) is 2.73. The van der Waals surface area contributed by atoms with E-state index in [4.69, 9.17) is 5.73 Å². The molecule has 2 rings (SSSR count). The van der Waals surface area contributed by atoms with Crippen LogP contribution in [-0.2, 0) is 11.2 Å². The van der Waals surface area contributed by atoms with Crippen LogP contribution in [0.5, 0.6) is 5.75 Å².